The highest BCUT2D eigenvalue weighted by Gasteiger charge is 2.14. The largest absolute Gasteiger partial charge is 0.380 e. The lowest BCUT2D eigenvalue weighted by Gasteiger charge is -2.23. The van der Waals surface area contributed by atoms with Gasteiger partial charge in [0.1, 0.15) is 0 Å². The molecule has 0 bridgehead atoms. The highest BCUT2D eigenvalue weighted by molar-refractivity contribution is 7.99. The normalized spacial score (nSPS) is 16.9. The molecule has 0 unspecified atom stereocenters. The Balaban J connectivity index is 0.000000368. The number of hydrogen-bond donors (Lipinski definition) is 0. The first-order chi connectivity index (χ1) is 7.21. The number of thioether (sulfide) groups is 1. The lowest BCUT2D eigenvalue weighted by atomic mass is 9.97. The minimum Gasteiger partial charge on any atom is -0.380 e. The van der Waals surface area contributed by atoms with Gasteiger partial charge in [-0.15, -0.1) is 0 Å². The summed E-state index contributed by atoms with van der Waals surface area (Å²) < 4.78 is 5.56. The van der Waals surface area contributed by atoms with Crippen molar-refractivity contribution in [2.75, 3.05) is 24.7 Å². The molecule has 0 aromatic rings. The summed E-state index contributed by atoms with van der Waals surface area (Å²) in [5, 5.41) is 0. The molecule has 0 radical (unpaired) electrons. The van der Waals surface area contributed by atoms with E-state index in [0.29, 0.717) is 10.8 Å². The molecule has 0 amide bonds. The van der Waals surface area contributed by atoms with Crippen LogP contribution < -0.4 is 0 Å². The molecule has 1 saturated heterocycles. The highest BCUT2D eigenvalue weighted by Crippen LogP contribution is 2.17. The molecular weight excluding hydrogens is 216 g/mol. The van der Waals surface area contributed by atoms with Gasteiger partial charge in [-0.25, -0.2) is 0 Å². The fraction of sp³-hybridized carbons (Fsp3) is 1.00. The van der Waals surface area contributed by atoms with Crippen LogP contribution in [0.1, 0.15) is 54.4 Å². The van der Waals surface area contributed by atoms with Gasteiger partial charge in [0.25, 0.3) is 0 Å². The van der Waals surface area contributed by atoms with Crippen LogP contribution in [0, 0.1) is 10.8 Å². The van der Waals surface area contributed by atoms with E-state index in [4.69, 9.17) is 4.74 Å². The third kappa shape index (κ3) is 14.3. The summed E-state index contributed by atoms with van der Waals surface area (Å²) in [5.41, 5.74) is 0.594. The van der Waals surface area contributed by atoms with Crippen molar-refractivity contribution in [3.8, 4) is 0 Å². The second kappa shape index (κ2) is 7.60. The Bertz CT molecular complexity index is 139. The quantitative estimate of drug-likeness (QED) is 0.704. The van der Waals surface area contributed by atoms with E-state index >= 15 is 0 Å². The molecule has 1 aliphatic heterocycles. The van der Waals surface area contributed by atoms with Crippen LogP contribution in [0.3, 0.4) is 0 Å². The summed E-state index contributed by atoms with van der Waals surface area (Å²) in [6.45, 7) is 14.8. The predicted molar refractivity (Wildman–Crippen MR) is 76.3 cm³/mol. The van der Waals surface area contributed by atoms with Gasteiger partial charge in [-0.3, -0.25) is 0 Å². The van der Waals surface area contributed by atoms with E-state index in [-0.39, 0.29) is 0 Å². The zero-order valence-corrected chi connectivity index (χ0v) is 12.9. The van der Waals surface area contributed by atoms with Gasteiger partial charge in [-0.1, -0.05) is 41.5 Å². The Morgan fingerprint density at radius 2 is 1.19 bits per heavy atom. The van der Waals surface area contributed by atoms with Gasteiger partial charge in [0.15, 0.2) is 0 Å². The van der Waals surface area contributed by atoms with E-state index < -0.39 is 0 Å². The molecule has 0 atom stereocenters. The maximum absolute atomic E-state index is 5.56. The van der Waals surface area contributed by atoms with Gasteiger partial charge < -0.3 is 4.74 Å². The summed E-state index contributed by atoms with van der Waals surface area (Å²) >= 11 is 2.07. The van der Waals surface area contributed by atoms with E-state index in [9.17, 15) is 0 Å². The molecule has 98 valence electrons. The van der Waals surface area contributed by atoms with Gasteiger partial charge in [-0.05, 0) is 35.2 Å². The first kappa shape index (κ1) is 16.3. The van der Waals surface area contributed by atoms with Crippen molar-refractivity contribution < 1.29 is 4.74 Å². The molecule has 0 saturated carbocycles. The fourth-order valence-corrected chi connectivity index (χ4v) is 2.19. The van der Waals surface area contributed by atoms with Crippen LogP contribution in [0.15, 0.2) is 0 Å². The van der Waals surface area contributed by atoms with Crippen LogP contribution in [-0.2, 0) is 4.74 Å². The van der Waals surface area contributed by atoms with Gasteiger partial charge in [-0.2, -0.15) is 11.8 Å². The Labute approximate surface area is 107 Å². The third-order valence-corrected chi connectivity index (χ3v) is 3.05. The predicted octanol–water partition coefficient (Wildman–Crippen LogP) is 4.61. The zero-order chi connectivity index (χ0) is 12.7. The highest BCUT2D eigenvalue weighted by atomic mass is 32.2. The van der Waals surface area contributed by atoms with Crippen LogP contribution in [0.25, 0.3) is 0 Å². The van der Waals surface area contributed by atoms with Crippen LogP contribution in [-0.4, -0.2) is 24.7 Å². The van der Waals surface area contributed by atoms with Crippen molar-refractivity contribution in [1.29, 1.82) is 0 Å². The molecule has 1 fully saturated rings. The number of hydrogen-bond acceptors (Lipinski definition) is 2. The average Bonchev–Trinajstić information content (AvgIpc) is 2.54. The second-order valence-corrected chi connectivity index (χ2v) is 8.16. The summed E-state index contributed by atoms with van der Waals surface area (Å²) in [6.07, 6.45) is 2.93. The smallest absolute Gasteiger partial charge is 0.0514 e. The van der Waals surface area contributed by atoms with Crippen molar-refractivity contribution in [3.63, 3.8) is 0 Å². The minimum absolute atomic E-state index is 0.297. The Morgan fingerprint density at radius 3 is 1.38 bits per heavy atom. The van der Waals surface area contributed by atoms with Crippen LogP contribution in [0.5, 0.6) is 0 Å². The maximum Gasteiger partial charge on any atom is 0.0514 e. The SMILES string of the molecule is C1CCSC1.CC(C)(C)COCC(C)(C)C. The second-order valence-electron chi connectivity index (χ2n) is 6.93. The Kier molecular flexibility index (Phi) is 7.75. The van der Waals surface area contributed by atoms with E-state index in [1.54, 1.807) is 0 Å². The average molecular weight is 246 g/mol. The van der Waals surface area contributed by atoms with Crippen molar-refractivity contribution in [1.82, 2.24) is 0 Å². The van der Waals surface area contributed by atoms with E-state index in [1.807, 2.05) is 0 Å². The first-order valence-corrected chi connectivity index (χ1v) is 7.52. The minimum atomic E-state index is 0.297. The molecule has 0 aliphatic carbocycles. The molecule has 2 heteroatoms. The number of rotatable bonds is 2. The van der Waals surface area contributed by atoms with E-state index in [2.05, 4.69) is 53.3 Å². The summed E-state index contributed by atoms with van der Waals surface area (Å²) in [4.78, 5) is 0. The van der Waals surface area contributed by atoms with E-state index in [1.165, 1.54) is 24.3 Å². The summed E-state index contributed by atoms with van der Waals surface area (Å²) in [6, 6.07) is 0. The first-order valence-electron chi connectivity index (χ1n) is 6.36. The van der Waals surface area contributed by atoms with Crippen LogP contribution in [0.2, 0.25) is 0 Å². The molecule has 1 aliphatic rings. The zero-order valence-electron chi connectivity index (χ0n) is 12.1. The van der Waals surface area contributed by atoms with Crippen LogP contribution in [0.4, 0.5) is 0 Å². The maximum atomic E-state index is 5.56. The fourth-order valence-electron chi connectivity index (χ4n) is 1.17. The Morgan fingerprint density at radius 1 is 0.812 bits per heavy atom. The molecule has 1 rings (SSSR count). The van der Waals surface area contributed by atoms with Crippen LogP contribution >= 0.6 is 11.8 Å². The molecule has 0 spiro atoms. The standard InChI is InChI=1S/C10H22O.C4H8S/c1-9(2,3)7-11-8-10(4,5)6;1-2-4-5-3-1/h7-8H2,1-6H3;1-4H2. The molecule has 0 aromatic carbocycles. The monoisotopic (exact) mass is 246 g/mol. The lowest BCUT2D eigenvalue weighted by molar-refractivity contribution is 0.0275. The lowest BCUT2D eigenvalue weighted by Crippen LogP contribution is -2.21. The van der Waals surface area contributed by atoms with Crippen molar-refractivity contribution in [2.45, 2.75) is 54.4 Å². The van der Waals surface area contributed by atoms with E-state index in [0.717, 1.165) is 13.2 Å². The molecule has 1 heterocycles. The van der Waals surface area contributed by atoms with Gasteiger partial charge >= 0.3 is 0 Å². The topological polar surface area (TPSA) is 9.23 Å². The summed E-state index contributed by atoms with van der Waals surface area (Å²) in [7, 11) is 0. The van der Waals surface area contributed by atoms with Crippen molar-refractivity contribution in [3.05, 3.63) is 0 Å². The van der Waals surface area contributed by atoms with Crippen molar-refractivity contribution >= 4 is 11.8 Å². The van der Waals surface area contributed by atoms with Gasteiger partial charge in [0.05, 0.1) is 13.2 Å². The molecule has 16 heavy (non-hydrogen) atoms. The third-order valence-electron chi connectivity index (χ3n) is 1.90. The molecule has 0 N–H and O–H groups in total. The Hall–Kier alpha value is 0.310. The van der Waals surface area contributed by atoms with Gasteiger partial charge in [0.2, 0.25) is 0 Å². The molecule has 1 nitrogen and oxygen atoms in total. The van der Waals surface area contributed by atoms with Crippen molar-refractivity contribution in [2.24, 2.45) is 10.8 Å². The summed E-state index contributed by atoms with van der Waals surface area (Å²) in [5.74, 6) is 2.83. The molecule has 0 aromatic heterocycles. The number of ether oxygens (including phenoxy) is 1. The molecular formula is C14H30OS. The van der Waals surface area contributed by atoms with Gasteiger partial charge in [0, 0.05) is 0 Å².